The summed E-state index contributed by atoms with van der Waals surface area (Å²) in [7, 11) is 0. The molecule has 1 aliphatic carbocycles. The number of aromatic amines is 1. The van der Waals surface area contributed by atoms with Gasteiger partial charge in [0.05, 0.1) is 13.2 Å². The van der Waals surface area contributed by atoms with Crippen LogP contribution in [0.25, 0.3) is 0 Å². The molecule has 0 radical (unpaired) electrons. The lowest BCUT2D eigenvalue weighted by Gasteiger charge is -2.23. The van der Waals surface area contributed by atoms with E-state index >= 15 is 0 Å². The zero-order valence-corrected chi connectivity index (χ0v) is 14.1. The molecule has 1 aliphatic heterocycles. The molecular formula is C17H23N3O4. The van der Waals surface area contributed by atoms with Crippen LogP contribution in [0, 0.1) is 11.3 Å². The molecule has 0 aromatic carbocycles. The maximum atomic E-state index is 12.7. The van der Waals surface area contributed by atoms with Gasteiger partial charge in [0.15, 0.2) is 5.79 Å². The van der Waals surface area contributed by atoms with Crippen LogP contribution in [-0.4, -0.2) is 28.0 Å². The van der Waals surface area contributed by atoms with E-state index in [4.69, 9.17) is 9.47 Å². The van der Waals surface area contributed by atoms with Gasteiger partial charge in [-0.2, -0.15) is 5.26 Å². The predicted octanol–water partition coefficient (Wildman–Crippen LogP) is 1.61. The zero-order chi connectivity index (χ0) is 17.3. The van der Waals surface area contributed by atoms with Gasteiger partial charge < -0.3 is 14.5 Å². The van der Waals surface area contributed by atoms with Crippen molar-refractivity contribution < 1.29 is 9.47 Å². The number of rotatable bonds is 3. The Bertz CT molecular complexity index is 766. The maximum Gasteiger partial charge on any atom is 0.328 e. The summed E-state index contributed by atoms with van der Waals surface area (Å²) in [5.74, 6) is -0.630. The van der Waals surface area contributed by atoms with Gasteiger partial charge in [-0.05, 0) is 26.7 Å². The second kappa shape index (κ2) is 6.54. The second-order valence-electron chi connectivity index (χ2n) is 7.03. The predicted molar refractivity (Wildman–Crippen MR) is 86.8 cm³/mol. The minimum atomic E-state index is -0.721. The van der Waals surface area contributed by atoms with Crippen LogP contribution < -0.4 is 11.2 Å². The highest BCUT2D eigenvalue weighted by molar-refractivity contribution is 5.33. The molecule has 1 N–H and O–H groups in total. The Labute approximate surface area is 140 Å². The molecule has 24 heavy (non-hydrogen) atoms. The van der Waals surface area contributed by atoms with E-state index in [2.05, 4.69) is 4.98 Å². The van der Waals surface area contributed by atoms with Gasteiger partial charge in [0.1, 0.15) is 17.7 Å². The summed E-state index contributed by atoms with van der Waals surface area (Å²) < 4.78 is 12.2. The molecule has 2 fully saturated rings. The van der Waals surface area contributed by atoms with E-state index in [1.807, 2.05) is 6.07 Å². The normalized spacial score (nSPS) is 24.0. The van der Waals surface area contributed by atoms with Gasteiger partial charge in [0.25, 0.3) is 5.56 Å². The average molecular weight is 333 g/mol. The largest absolute Gasteiger partial charge is 0.348 e. The lowest BCUT2D eigenvalue weighted by atomic mass is 9.85. The SMILES string of the molecule is CC1(C)OC[C@H](Cn2c(=O)[nH]c(C3CCCCC3)c(C#N)c2=O)O1. The molecule has 1 saturated carbocycles. The molecule has 0 unspecified atom stereocenters. The van der Waals surface area contributed by atoms with Gasteiger partial charge in [0, 0.05) is 11.6 Å². The highest BCUT2D eigenvalue weighted by Crippen LogP contribution is 2.32. The van der Waals surface area contributed by atoms with Crippen LogP contribution in [0.2, 0.25) is 0 Å². The lowest BCUT2D eigenvalue weighted by Crippen LogP contribution is -2.42. The molecule has 1 atom stereocenters. The van der Waals surface area contributed by atoms with Crippen LogP contribution >= 0.6 is 0 Å². The molecule has 2 aliphatic rings. The van der Waals surface area contributed by atoms with E-state index in [1.165, 1.54) is 0 Å². The van der Waals surface area contributed by atoms with E-state index in [0.29, 0.717) is 12.3 Å². The summed E-state index contributed by atoms with van der Waals surface area (Å²) >= 11 is 0. The number of aromatic nitrogens is 2. The first-order chi connectivity index (χ1) is 11.4. The molecule has 0 spiro atoms. The topological polar surface area (TPSA) is 97.1 Å². The monoisotopic (exact) mass is 333 g/mol. The van der Waals surface area contributed by atoms with E-state index in [9.17, 15) is 14.9 Å². The summed E-state index contributed by atoms with van der Waals surface area (Å²) in [6, 6.07) is 1.99. The smallest absolute Gasteiger partial charge is 0.328 e. The molecule has 3 rings (SSSR count). The van der Waals surface area contributed by atoms with Crippen LogP contribution in [0.5, 0.6) is 0 Å². The number of hydrogen-bond acceptors (Lipinski definition) is 5. The quantitative estimate of drug-likeness (QED) is 0.906. The van der Waals surface area contributed by atoms with Crippen molar-refractivity contribution in [1.29, 1.82) is 5.26 Å². The zero-order valence-electron chi connectivity index (χ0n) is 14.1. The van der Waals surface area contributed by atoms with E-state index in [0.717, 1.165) is 36.7 Å². The number of hydrogen-bond donors (Lipinski definition) is 1. The number of nitrogens with one attached hydrogen (secondary N) is 1. The standard InChI is InChI=1S/C17H23N3O4/c1-17(2)23-10-12(24-17)9-20-15(21)13(8-18)14(19-16(20)22)11-6-4-3-5-7-11/h11-12H,3-7,9-10H2,1-2H3,(H,19,22)/t12-/m0/s1. The van der Waals surface area contributed by atoms with Crippen molar-refractivity contribution in [3.05, 3.63) is 32.1 Å². The summed E-state index contributed by atoms with van der Waals surface area (Å²) in [4.78, 5) is 27.9. The number of nitriles is 1. The molecule has 0 bridgehead atoms. The molecule has 130 valence electrons. The number of H-pyrrole nitrogens is 1. The molecule has 7 nitrogen and oxygen atoms in total. The highest BCUT2D eigenvalue weighted by Gasteiger charge is 2.34. The van der Waals surface area contributed by atoms with E-state index in [-0.39, 0.29) is 24.1 Å². The van der Waals surface area contributed by atoms with Gasteiger partial charge >= 0.3 is 5.69 Å². The Balaban J connectivity index is 1.93. The fourth-order valence-corrected chi connectivity index (χ4v) is 3.62. The summed E-state index contributed by atoms with van der Waals surface area (Å²) in [5, 5.41) is 9.45. The second-order valence-corrected chi connectivity index (χ2v) is 7.03. The first-order valence-electron chi connectivity index (χ1n) is 8.50. The Morgan fingerprint density at radius 3 is 2.58 bits per heavy atom. The minimum Gasteiger partial charge on any atom is -0.348 e. The van der Waals surface area contributed by atoms with Gasteiger partial charge in [-0.25, -0.2) is 4.79 Å². The average Bonchev–Trinajstić information content (AvgIpc) is 2.90. The van der Waals surface area contributed by atoms with Crippen molar-refractivity contribution >= 4 is 0 Å². The van der Waals surface area contributed by atoms with Gasteiger partial charge in [0.2, 0.25) is 0 Å². The molecule has 2 heterocycles. The Hall–Kier alpha value is -1.91. The number of ether oxygens (including phenoxy) is 2. The molecule has 1 saturated heterocycles. The molecule has 1 aromatic rings. The highest BCUT2D eigenvalue weighted by atomic mass is 16.7. The number of nitrogens with zero attached hydrogens (tertiary/aromatic N) is 2. The van der Waals surface area contributed by atoms with Crippen molar-refractivity contribution in [3.63, 3.8) is 0 Å². The summed E-state index contributed by atoms with van der Waals surface area (Å²) in [6.07, 6.45) is 4.70. The Morgan fingerprint density at radius 2 is 2.00 bits per heavy atom. The fourth-order valence-electron chi connectivity index (χ4n) is 3.62. The lowest BCUT2D eigenvalue weighted by molar-refractivity contribution is -0.139. The van der Waals surface area contributed by atoms with Crippen molar-refractivity contribution in [1.82, 2.24) is 9.55 Å². The fraction of sp³-hybridized carbons (Fsp3) is 0.706. The Morgan fingerprint density at radius 1 is 1.29 bits per heavy atom. The summed E-state index contributed by atoms with van der Waals surface area (Å²) in [5.41, 5.74) is -0.449. The maximum absolute atomic E-state index is 12.7. The van der Waals surface area contributed by atoms with Gasteiger partial charge in [-0.15, -0.1) is 0 Å². The van der Waals surface area contributed by atoms with Crippen molar-refractivity contribution in [3.8, 4) is 6.07 Å². The third-order valence-corrected chi connectivity index (χ3v) is 4.79. The molecular weight excluding hydrogens is 310 g/mol. The van der Waals surface area contributed by atoms with Gasteiger partial charge in [-0.3, -0.25) is 9.36 Å². The van der Waals surface area contributed by atoms with Crippen molar-refractivity contribution in [2.75, 3.05) is 6.61 Å². The van der Waals surface area contributed by atoms with Crippen molar-refractivity contribution in [2.45, 2.75) is 70.3 Å². The van der Waals surface area contributed by atoms with Gasteiger partial charge in [-0.1, -0.05) is 19.3 Å². The van der Waals surface area contributed by atoms with Crippen molar-refractivity contribution in [2.24, 2.45) is 0 Å². The van der Waals surface area contributed by atoms with Crippen LogP contribution in [0.15, 0.2) is 9.59 Å². The molecule has 0 amide bonds. The Kier molecular flexibility index (Phi) is 4.61. The van der Waals surface area contributed by atoms with E-state index in [1.54, 1.807) is 13.8 Å². The molecule has 1 aromatic heterocycles. The molecule has 7 heteroatoms. The van der Waals surface area contributed by atoms with Crippen LogP contribution in [-0.2, 0) is 16.0 Å². The van der Waals surface area contributed by atoms with Crippen LogP contribution in [0.1, 0.15) is 63.1 Å². The first kappa shape index (κ1) is 16.9. The first-order valence-corrected chi connectivity index (χ1v) is 8.50. The summed E-state index contributed by atoms with van der Waals surface area (Å²) in [6.45, 7) is 3.96. The third kappa shape index (κ3) is 3.30. The van der Waals surface area contributed by atoms with Crippen LogP contribution in [0.3, 0.4) is 0 Å². The van der Waals surface area contributed by atoms with Crippen LogP contribution in [0.4, 0.5) is 0 Å². The minimum absolute atomic E-state index is 0.0553. The third-order valence-electron chi connectivity index (χ3n) is 4.79. The van der Waals surface area contributed by atoms with E-state index < -0.39 is 17.0 Å².